The van der Waals surface area contributed by atoms with Crippen LogP contribution < -0.4 is 4.74 Å². The van der Waals surface area contributed by atoms with Gasteiger partial charge in [-0.05, 0) is 39.3 Å². The average Bonchev–Trinajstić information content (AvgIpc) is 2.29. The molecule has 0 fully saturated rings. The number of ether oxygens (including phenoxy) is 1. The molecule has 1 heterocycles. The molecular weight excluding hydrogens is 248 g/mol. The fourth-order valence-electron chi connectivity index (χ4n) is 1.69. The predicted molar refractivity (Wildman–Crippen MR) is 72.5 cm³/mol. The van der Waals surface area contributed by atoms with Gasteiger partial charge in [0.2, 0.25) is 5.88 Å². The van der Waals surface area contributed by atoms with Crippen molar-refractivity contribution >= 4 is 11.6 Å². The first-order valence-electron chi connectivity index (χ1n) is 5.73. The number of aromatic nitrogens is 2. The van der Waals surface area contributed by atoms with Gasteiger partial charge in [-0.25, -0.2) is 4.98 Å². The maximum absolute atomic E-state index is 6.02. The van der Waals surface area contributed by atoms with Gasteiger partial charge in [-0.2, -0.15) is 4.98 Å². The Balaban J connectivity index is 2.40. The van der Waals surface area contributed by atoms with Gasteiger partial charge in [0.05, 0.1) is 0 Å². The SMILES string of the molecule is Cc1ccc(Oc2nc(C)nc(Cl)c2C)c(C)c1. The van der Waals surface area contributed by atoms with E-state index in [0.29, 0.717) is 16.9 Å². The van der Waals surface area contributed by atoms with E-state index in [1.165, 1.54) is 5.56 Å². The van der Waals surface area contributed by atoms with Crippen molar-refractivity contribution in [1.82, 2.24) is 9.97 Å². The molecule has 94 valence electrons. The second-order valence-corrected chi connectivity index (χ2v) is 4.72. The van der Waals surface area contributed by atoms with Crippen molar-refractivity contribution in [3.8, 4) is 11.6 Å². The van der Waals surface area contributed by atoms with E-state index in [-0.39, 0.29) is 0 Å². The molecule has 1 aromatic carbocycles. The fourth-order valence-corrected chi connectivity index (χ4v) is 1.89. The summed E-state index contributed by atoms with van der Waals surface area (Å²) in [5, 5.41) is 0.433. The van der Waals surface area contributed by atoms with Gasteiger partial charge in [0.25, 0.3) is 0 Å². The van der Waals surface area contributed by atoms with Crippen molar-refractivity contribution in [2.24, 2.45) is 0 Å². The summed E-state index contributed by atoms with van der Waals surface area (Å²) in [6, 6.07) is 6.02. The van der Waals surface area contributed by atoms with Crippen LogP contribution >= 0.6 is 11.6 Å². The first-order valence-corrected chi connectivity index (χ1v) is 6.11. The smallest absolute Gasteiger partial charge is 0.226 e. The summed E-state index contributed by atoms with van der Waals surface area (Å²) in [6.07, 6.45) is 0. The first kappa shape index (κ1) is 12.8. The van der Waals surface area contributed by atoms with E-state index in [4.69, 9.17) is 16.3 Å². The highest BCUT2D eigenvalue weighted by Gasteiger charge is 2.10. The van der Waals surface area contributed by atoms with Crippen LogP contribution in [0.15, 0.2) is 18.2 Å². The molecular formula is C14H15ClN2O. The second kappa shape index (κ2) is 4.94. The molecule has 0 atom stereocenters. The Morgan fingerprint density at radius 3 is 2.44 bits per heavy atom. The summed E-state index contributed by atoms with van der Waals surface area (Å²) in [5.74, 6) is 1.91. The molecule has 2 aromatic rings. The molecule has 0 bridgehead atoms. The van der Waals surface area contributed by atoms with Crippen molar-refractivity contribution < 1.29 is 4.74 Å². The minimum atomic E-state index is 0.433. The molecule has 0 radical (unpaired) electrons. The van der Waals surface area contributed by atoms with Crippen LogP contribution in [0.5, 0.6) is 11.6 Å². The van der Waals surface area contributed by atoms with Crippen molar-refractivity contribution in [3.63, 3.8) is 0 Å². The zero-order valence-electron chi connectivity index (χ0n) is 10.9. The Bertz CT molecular complexity index is 597. The standard InChI is InChI=1S/C14H15ClN2O/c1-8-5-6-12(9(2)7-8)18-14-10(3)13(15)16-11(4)17-14/h5-7H,1-4H3. The lowest BCUT2D eigenvalue weighted by molar-refractivity contribution is 0.452. The first-order chi connectivity index (χ1) is 8.47. The maximum Gasteiger partial charge on any atom is 0.226 e. The molecule has 0 aliphatic rings. The number of benzene rings is 1. The third-order valence-electron chi connectivity index (χ3n) is 2.69. The van der Waals surface area contributed by atoms with E-state index in [0.717, 1.165) is 16.9 Å². The third kappa shape index (κ3) is 2.62. The minimum Gasteiger partial charge on any atom is -0.438 e. The molecule has 1 aromatic heterocycles. The minimum absolute atomic E-state index is 0.433. The molecule has 0 saturated heterocycles. The highest BCUT2D eigenvalue weighted by atomic mass is 35.5. The Labute approximate surface area is 112 Å². The van der Waals surface area contributed by atoms with Crippen LogP contribution in [0.2, 0.25) is 5.15 Å². The molecule has 0 aliphatic heterocycles. The molecule has 4 heteroatoms. The normalized spacial score (nSPS) is 10.5. The van der Waals surface area contributed by atoms with Crippen molar-refractivity contribution in [2.45, 2.75) is 27.7 Å². The number of nitrogens with zero attached hydrogens (tertiary/aromatic N) is 2. The van der Waals surface area contributed by atoms with Crippen LogP contribution in [0, 0.1) is 27.7 Å². The molecule has 0 aliphatic carbocycles. The van der Waals surface area contributed by atoms with Crippen LogP contribution in [0.1, 0.15) is 22.5 Å². The van der Waals surface area contributed by atoms with Gasteiger partial charge in [0.15, 0.2) is 0 Å². The van der Waals surface area contributed by atoms with Gasteiger partial charge < -0.3 is 4.74 Å². The van der Waals surface area contributed by atoms with Crippen LogP contribution in [-0.2, 0) is 0 Å². The number of rotatable bonds is 2. The summed E-state index contributed by atoms with van der Waals surface area (Å²) >= 11 is 6.02. The Hall–Kier alpha value is -1.61. The van der Waals surface area contributed by atoms with Gasteiger partial charge in [0.1, 0.15) is 16.7 Å². The molecule has 0 spiro atoms. The number of hydrogen-bond donors (Lipinski definition) is 0. The van der Waals surface area contributed by atoms with E-state index < -0.39 is 0 Å². The zero-order chi connectivity index (χ0) is 13.3. The summed E-state index contributed by atoms with van der Waals surface area (Å²) in [5.41, 5.74) is 3.03. The highest BCUT2D eigenvalue weighted by Crippen LogP contribution is 2.29. The lowest BCUT2D eigenvalue weighted by Gasteiger charge is -2.11. The Morgan fingerprint density at radius 1 is 1.06 bits per heavy atom. The van der Waals surface area contributed by atoms with Crippen molar-refractivity contribution in [3.05, 3.63) is 45.9 Å². The van der Waals surface area contributed by atoms with Crippen molar-refractivity contribution in [1.29, 1.82) is 0 Å². The maximum atomic E-state index is 6.02. The zero-order valence-corrected chi connectivity index (χ0v) is 11.7. The van der Waals surface area contributed by atoms with E-state index in [9.17, 15) is 0 Å². The van der Waals surface area contributed by atoms with E-state index in [2.05, 4.69) is 16.0 Å². The number of aryl methyl sites for hydroxylation is 3. The lowest BCUT2D eigenvalue weighted by Crippen LogP contribution is -1.98. The Morgan fingerprint density at radius 2 is 1.78 bits per heavy atom. The second-order valence-electron chi connectivity index (χ2n) is 4.36. The summed E-state index contributed by atoms with van der Waals surface area (Å²) in [4.78, 5) is 8.36. The molecule has 18 heavy (non-hydrogen) atoms. The van der Waals surface area contributed by atoms with Crippen molar-refractivity contribution in [2.75, 3.05) is 0 Å². The fraction of sp³-hybridized carbons (Fsp3) is 0.286. The van der Waals surface area contributed by atoms with Gasteiger partial charge in [-0.3, -0.25) is 0 Å². The third-order valence-corrected chi connectivity index (χ3v) is 3.06. The topological polar surface area (TPSA) is 35.0 Å². The predicted octanol–water partition coefficient (Wildman–Crippen LogP) is 4.16. The summed E-state index contributed by atoms with van der Waals surface area (Å²) < 4.78 is 5.82. The molecule has 2 rings (SSSR count). The molecule has 0 unspecified atom stereocenters. The van der Waals surface area contributed by atoms with Gasteiger partial charge in [-0.1, -0.05) is 29.3 Å². The van der Waals surface area contributed by atoms with E-state index >= 15 is 0 Å². The highest BCUT2D eigenvalue weighted by molar-refractivity contribution is 6.30. The Kier molecular flexibility index (Phi) is 3.53. The average molecular weight is 263 g/mol. The van der Waals surface area contributed by atoms with Crippen LogP contribution in [-0.4, -0.2) is 9.97 Å². The molecule has 0 N–H and O–H groups in total. The number of halogens is 1. The lowest BCUT2D eigenvalue weighted by atomic mass is 10.1. The largest absolute Gasteiger partial charge is 0.438 e. The monoisotopic (exact) mass is 262 g/mol. The van der Waals surface area contributed by atoms with Crippen LogP contribution in [0.4, 0.5) is 0 Å². The van der Waals surface area contributed by atoms with Crippen LogP contribution in [0.25, 0.3) is 0 Å². The van der Waals surface area contributed by atoms with Gasteiger partial charge >= 0.3 is 0 Å². The summed E-state index contributed by atoms with van der Waals surface area (Å²) in [7, 11) is 0. The summed E-state index contributed by atoms with van der Waals surface area (Å²) in [6.45, 7) is 7.70. The molecule has 0 amide bonds. The quantitative estimate of drug-likeness (QED) is 0.763. The number of hydrogen-bond acceptors (Lipinski definition) is 3. The van der Waals surface area contributed by atoms with Gasteiger partial charge in [0, 0.05) is 5.56 Å². The van der Waals surface area contributed by atoms with E-state index in [1.807, 2.05) is 32.9 Å². The van der Waals surface area contributed by atoms with Crippen LogP contribution in [0.3, 0.4) is 0 Å². The molecule has 0 saturated carbocycles. The van der Waals surface area contributed by atoms with Gasteiger partial charge in [-0.15, -0.1) is 0 Å². The molecule has 3 nitrogen and oxygen atoms in total. The van der Waals surface area contributed by atoms with E-state index in [1.54, 1.807) is 6.92 Å².